The average Bonchev–Trinajstić information content (AvgIpc) is 2.59. The maximum Gasteiger partial charge on any atom is 0.276 e. The van der Waals surface area contributed by atoms with E-state index in [0.29, 0.717) is 0 Å². The van der Waals surface area contributed by atoms with Crippen molar-refractivity contribution in [3.63, 3.8) is 0 Å². The molecule has 0 aliphatic carbocycles. The van der Waals surface area contributed by atoms with Crippen LogP contribution in [0, 0.1) is 0 Å². The number of benzene rings is 3. The highest BCUT2D eigenvalue weighted by Crippen LogP contribution is 2.27. The number of rotatable bonds is 4. The zero-order valence-corrected chi connectivity index (χ0v) is 14.2. The first kappa shape index (κ1) is 16.8. The monoisotopic (exact) mass is 356 g/mol. The third-order valence-electron chi connectivity index (χ3n) is 3.75. The zero-order chi connectivity index (χ0) is 18.0. The number of hydrazone groups is 1. The Kier molecular flexibility index (Phi) is 4.33. The molecule has 3 aromatic rings. The molecule has 0 unspecified atom stereocenters. The number of hydrogen-bond donors (Lipinski definition) is 3. The van der Waals surface area contributed by atoms with Crippen molar-refractivity contribution in [1.29, 1.82) is 0 Å². The van der Waals surface area contributed by atoms with E-state index in [0.717, 1.165) is 10.8 Å². The number of phenols is 2. The van der Waals surface area contributed by atoms with E-state index >= 15 is 0 Å². The Morgan fingerprint density at radius 2 is 1.56 bits per heavy atom. The molecule has 0 amide bonds. The molecule has 0 radical (unpaired) electrons. The lowest BCUT2D eigenvalue weighted by Crippen LogP contribution is -2.20. The third-order valence-corrected chi connectivity index (χ3v) is 4.95. The predicted molar refractivity (Wildman–Crippen MR) is 96.3 cm³/mol. The van der Waals surface area contributed by atoms with Crippen molar-refractivity contribution in [3.8, 4) is 11.5 Å². The number of fused-ring (bicyclic) bond motifs is 1. The SMILES string of the molecule is C/C(=N/NS(=O)(=O)c1ccc2ccccc2c1)c1c(O)cccc1O. The predicted octanol–water partition coefficient (Wildman–Crippen LogP) is 2.95. The van der Waals surface area contributed by atoms with Gasteiger partial charge in [0.25, 0.3) is 10.0 Å². The first-order chi connectivity index (χ1) is 11.9. The molecule has 3 N–H and O–H groups in total. The molecular weight excluding hydrogens is 340 g/mol. The van der Waals surface area contributed by atoms with E-state index in [2.05, 4.69) is 9.93 Å². The molecule has 0 heterocycles. The molecule has 0 fully saturated rings. The highest BCUT2D eigenvalue weighted by Gasteiger charge is 2.15. The van der Waals surface area contributed by atoms with Crippen LogP contribution >= 0.6 is 0 Å². The fraction of sp³-hybridized carbons (Fsp3) is 0.0556. The molecule has 0 aliphatic heterocycles. The van der Waals surface area contributed by atoms with E-state index in [9.17, 15) is 18.6 Å². The summed E-state index contributed by atoms with van der Waals surface area (Å²) in [6.07, 6.45) is 0. The van der Waals surface area contributed by atoms with Crippen molar-refractivity contribution in [2.45, 2.75) is 11.8 Å². The lowest BCUT2D eigenvalue weighted by molar-refractivity contribution is 0.448. The van der Waals surface area contributed by atoms with E-state index < -0.39 is 10.0 Å². The number of aromatic hydroxyl groups is 2. The summed E-state index contributed by atoms with van der Waals surface area (Å²) in [6, 6.07) is 16.4. The number of nitrogens with zero attached hydrogens (tertiary/aromatic N) is 1. The van der Waals surface area contributed by atoms with E-state index in [1.54, 1.807) is 12.1 Å². The largest absolute Gasteiger partial charge is 0.507 e. The molecule has 0 aliphatic rings. The molecule has 0 aromatic heterocycles. The molecule has 0 bridgehead atoms. The minimum atomic E-state index is -3.88. The van der Waals surface area contributed by atoms with Crippen molar-refractivity contribution in [1.82, 2.24) is 4.83 Å². The van der Waals surface area contributed by atoms with Gasteiger partial charge in [-0.25, -0.2) is 0 Å². The van der Waals surface area contributed by atoms with Crippen LogP contribution in [0.1, 0.15) is 12.5 Å². The van der Waals surface area contributed by atoms with Gasteiger partial charge in [0.1, 0.15) is 11.5 Å². The van der Waals surface area contributed by atoms with Crippen molar-refractivity contribution in [2.75, 3.05) is 0 Å². The van der Waals surface area contributed by atoms with Gasteiger partial charge in [-0.15, -0.1) is 0 Å². The van der Waals surface area contributed by atoms with Gasteiger partial charge in [0, 0.05) is 0 Å². The van der Waals surface area contributed by atoms with Gasteiger partial charge in [0.15, 0.2) is 0 Å². The lowest BCUT2D eigenvalue weighted by atomic mass is 10.1. The third kappa shape index (κ3) is 3.41. The Morgan fingerprint density at radius 1 is 0.920 bits per heavy atom. The maximum atomic E-state index is 12.4. The number of nitrogens with one attached hydrogen (secondary N) is 1. The smallest absolute Gasteiger partial charge is 0.276 e. The van der Waals surface area contributed by atoms with Crippen LogP contribution in [0.5, 0.6) is 11.5 Å². The van der Waals surface area contributed by atoms with Crippen LogP contribution in [0.4, 0.5) is 0 Å². The van der Waals surface area contributed by atoms with Crippen LogP contribution in [-0.4, -0.2) is 24.3 Å². The zero-order valence-electron chi connectivity index (χ0n) is 13.3. The Balaban J connectivity index is 1.92. The summed E-state index contributed by atoms with van der Waals surface area (Å²) in [5, 5.41) is 25.1. The molecule has 0 spiro atoms. The molecule has 3 rings (SSSR count). The van der Waals surface area contributed by atoms with Crippen molar-refractivity contribution < 1.29 is 18.6 Å². The summed E-state index contributed by atoms with van der Waals surface area (Å²) in [5.41, 5.74) is 0.212. The first-order valence-corrected chi connectivity index (χ1v) is 8.93. The molecule has 6 nitrogen and oxygen atoms in total. The summed E-state index contributed by atoms with van der Waals surface area (Å²) >= 11 is 0. The molecule has 0 saturated heterocycles. The summed E-state index contributed by atoms with van der Waals surface area (Å²) in [6.45, 7) is 1.48. The van der Waals surface area contributed by atoms with Crippen molar-refractivity contribution in [3.05, 3.63) is 66.2 Å². The molecule has 3 aromatic carbocycles. The second kappa shape index (κ2) is 6.45. The molecule has 128 valence electrons. The van der Waals surface area contributed by atoms with E-state index in [4.69, 9.17) is 0 Å². The molecule has 25 heavy (non-hydrogen) atoms. The Morgan fingerprint density at radius 3 is 2.24 bits per heavy atom. The van der Waals surface area contributed by atoms with Crippen molar-refractivity contribution >= 4 is 26.5 Å². The highest BCUT2D eigenvalue weighted by molar-refractivity contribution is 7.89. The number of hydrogen-bond acceptors (Lipinski definition) is 5. The normalized spacial score (nSPS) is 12.3. The van der Waals surface area contributed by atoms with Gasteiger partial charge in [-0.1, -0.05) is 36.4 Å². The Bertz CT molecular complexity index is 1060. The van der Waals surface area contributed by atoms with Crippen LogP contribution < -0.4 is 4.83 Å². The van der Waals surface area contributed by atoms with E-state index in [1.165, 1.54) is 31.2 Å². The van der Waals surface area contributed by atoms with Crippen LogP contribution in [0.15, 0.2) is 70.7 Å². The van der Waals surface area contributed by atoms with Crippen LogP contribution in [0.25, 0.3) is 10.8 Å². The molecule has 0 atom stereocenters. The van der Waals surface area contributed by atoms with Gasteiger partial charge in [-0.05, 0) is 42.0 Å². The van der Waals surface area contributed by atoms with Gasteiger partial charge in [-0.3, -0.25) is 0 Å². The quantitative estimate of drug-likeness (QED) is 0.494. The standard InChI is InChI=1S/C18H16N2O4S/c1-12(18-16(21)7-4-8-17(18)22)19-20-25(23,24)15-10-9-13-5-2-3-6-14(13)11-15/h2-11,20-22H,1H3/b19-12-. The Labute approximate surface area is 145 Å². The number of phenolic OH excluding ortho intramolecular Hbond substituents is 2. The van der Waals surface area contributed by atoms with Crippen LogP contribution in [0.2, 0.25) is 0 Å². The van der Waals surface area contributed by atoms with Gasteiger partial charge in [0.2, 0.25) is 0 Å². The van der Waals surface area contributed by atoms with E-state index in [1.807, 2.05) is 24.3 Å². The van der Waals surface area contributed by atoms with Gasteiger partial charge in [0.05, 0.1) is 16.2 Å². The van der Waals surface area contributed by atoms with Gasteiger partial charge < -0.3 is 10.2 Å². The van der Waals surface area contributed by atoms with Crippen LogP contribution in [-0.2, 0) is 10.0 Å². The van der Waals surface area contributed by atoms with Gasteiger partial charge >= 0.3 is 0 Å². The van der Waals surface area contributed by atoms with E-state index in [-0.39, 0.29) is 27.7 Å². The highest BCUT2D eigenvalue weighted by atomic mass is 32.2. The first-order valence-electron chi connectivity index (χ1n) is 7.45. The second-order valence-electron chi connectivity index (χ2n) is 5.47. The summed E-state index contributed by atoms with van der Waals surface area (Å²) in [7, 11) is -3.88. The summed E-state index contributed by atoms with van der Waals surface area (Å²) < 4.78 is 24.9. The lowest BCUT2D eigenvalue weighted by Gasteiger charge is -2.08. The van der Waals surface area contributed by atoms with Crippen LogP contribution in [0.3, 0.4) is 0 Å². The molecule has 7 heteroatoms. The second-order valence-corrected chi connectivity index (χ2v) is 7.13. The number of sulfonamides is 1. The summed E-state index contributed by atoms with van der Waals surface area (Å²) in [4.78, 5) is 2.20. The average molecular weight is 356 g/mol. The fourth-order valence-corrected chi connectivity index (χ4v) is 3.36. The minimum absolute atomic E-state index is 0.0729. The van der Waals surface area contributed by atoms with Crippen molar-refractivity contribution in [2.24, 2.45) is 5.10 Å². The maximum absolute atomic E-state index is 12.4. The fourth-order valence-electron chi connectivity index (χ4n) is 2.47. The molecular formula is C18H16N2O4S. The van der Waals surface area contributed by atoms with Gasteiger partial charge in [-0.2, -0.15) is 18.4 Å². The topological polar surface area (TPSA) is 99.0 Å². The summed E-state index contributed by atoms with van der Waals surface area (Å²) in [5.74, 6) is -0.377. The Hall–Kier alpha value is -3.06. The minimum Gasteiger partial charge on any atom is -0.507 e. The molecule has 0 saturated carbocycles.